The molecule has 1 heterocycles. The number of rotatable bonds is 3. The number of aromatic amines is 1. The zero-order chi connectivity index (χ0) is 12.5. The summed E-state index contributed by atoms with van der Waals surface area (Å²) in [6, 6.07) is 6.68. The van der Waals surface area contributed by atoms with Gasteiger partial charge >= 0.3 is 6.18 Å². The van der Waals surface area contributed by atoms with E-state index in [1.807, 2.05) is 12.1 Å². The van der Waals surface area contributed by atoms with Gasteiger partial charge in [-0.15, -0.1) is 12.4 Å². The van der Waals surface area contributed by atoms with Crippen molar-refractivity contribution in [1.82, 2.24) is 4.98 Å². The molecule has 0 amide bonds. The van der Waals surface area contributed by atoms with Crippen LogP contribution in [0.3, 0.4) is 0 Å². The highest BCUT2D eigenvalue weighted by atomic mass is 35.5. The van der Waals surface area contributed by atoms with Crippen LogP contribution < -0.4 is 5.73 Å². The lowest BCUT2D eigenvalue weighted by atomic mass is 9.99. The Kier molecular flexibility index (Phi) is 4.65. The van der Waals surface area contributed by atoms with E-state index in [1.54, 1.807) is 18.3 Å². The second kappa shape index (κ2) is 5.63. The summed E-state index contributed by atoms with van der Waals surface area (Å²) in [5.41, 5.74) is 7.46. The maximum Gasteiger partial charge on any atom is 0.389 e. The van der Waals surface area contributed by atoms with Gasteiger partial charge < -0.3 is 10.7 Å². The molecule has 0 fully saturated rings. The van der Waals surface area contributed by atoms with Crippen LogP contribution in [-0.2, 0) is 0 Å². The Labute approximate surface area is 109 Å². The first-order valence-corrected chi connectivity index (χ1v) is 5.36. The van der Waals surface area contributed by atoms with Gasteiger partial charge in [-0.05, 0) is 24.1 Å². The van der Waals surface area contributed by atoms with Crippen molar-refractivity contribution in [3.8, 4) is 0 Å². The molecule has 1 atom stereocenters. The minimum absolute atomic E-state index is 0. The van der Waals surface area contributed by atoms with Gasteiger partial charge in [0.05, 0.1) is 0 Å². The normalized spacial score (nSPS) is 13.3. The summed E-state index contributed by atoms with van der Waals surface area (Å²) < 4.78 is 36.4. The summed E-state index contributed by atoms with van der Waals surface area (Å²) in [6.45, 7) is 0. The SMILES string of the molecule is Cl.N[C@@H](CCC(F)(F)F)c1cccc2[nH]ccc12. The molecule has 2 nitrogen and oxygen atoms in total. The number of aromatic nitrogens is 1. The molecule has 0 aliphatic rings. The summed E-state index contributed by atoms with van der Waals surface area (Å²) in [7, 11) is 0. The Morgan fingerprint density at radius 2 is 1.94 bits per heavy atom. The smallest absolute Gasteiger partial charge is 0.361 e. The molecule has 0 bridgehead atoms. The van der Waals surface area contributed by atoms with Crippen LogP contribution in [0.1, 0.15) is 24.4 Å². The highest BCUT2D eigenvalue weighted by Crippen LogP contribution is 2.29. The molecule has 0 spiro atoms. The average Bonchev–Trinajstić information content (AvgIpc) is 2.72. The minimum atomic E-state index is -4.15. The molecule has 6 heteroatoms. The molecule has 0 unspecified atom stereocenters. The molecule has 0 aliphatic carbocycles. The van der Waals surface area contributed by atoms with Gasteiger partial charge in [-0.3, -0.25) is 0 Å². The Balaban J connectivity index is 0.00000162. The van der Waals surface area contributed by atoms with Crippen LogP contribution in [0.5, 0.6) is 0 Å². The molecule has 0 saturated heterocycles. The third kappa shape index (κ3) is 3.40. The fourth-order valence-corrected chi connectivity index (χ4v) is 1.91. The number of H-pyrrole nitrogens is 1. The van der Waals surface area contributed by atoms with Gasteiger partial charge in [0.2, 0.25) is 0 Å². The zero-order valence-electron chi connectivity index (χ0n) is 9.50. The van der Waals surface area contributed by atoms with Crippen molar-refractivity contribution in [3.05, 3.63) is 36.0 Å². The molecule has 2 aromatic rings. The molecule has 18 heavy (non-hydrogen) atoms. The molecule has 0 saturated carbocycles. The molecule has 100 valence electrons. The van der Waals surface area contributed by atoms with Crippen LogP contribution in [0.15, 0.2) is 30.5 Å². The predicted octanol–water partition coefficient (Wildman–Crippen LogP) is 3.93. The maximum absolute atomic E-state index is 12.1. The van der Waals surface area contributed by atoms with Crippen LogP contribution in [0.4, 0.5) is 13.2 Å². The fraction of sp³-hybridized carbons (Fsp3) is 0.333. The van der Waals surface area contributed by atoms with Crippen LogP contribution in [-0.4, -0.2) is 11.2 Å². The van der Waals surface area contributed by atoms with Crippen molar-refractivity contribution in [3.63, 3.8) is 0 Å². The highest BCUT2D eigenvalue weighted by molar-refractivity contribution is 5.85. The first-order valence-electron chi connectivity index (χ1n) is 5.36. The van der Waals surface area contributed by atoms with Gasteiger partial charge in [0.25, 0.3) is 0 Å². The number of hydrogen-bond acceptors (Lipinski definition) is 1. The van der Waals surface area contributed by atoms with Crippen molar-refractivity contribution < 1.29 is 13.2 Å². The fourth-order valence-electron chi connectivity index (χ4n) is 1.91. The third-order valence-electron chi connectivity index (χ3n) is 2.77. The minimum Gasteiger partial charge on any atom is -0.361 e. The molecule has 3 N–H and O–H groups in total. The van der Waals surface area contributed by atoms with Crippen molar-refractivity contribution >= 4 is 23.3 Å². The third-order valence-corrected chi connectivity index (χ3v) is 2.77. The molecular weight excluding hydrogens is 265 g/mol. The predicted molar refractivity (Wildman–Crippen MR) is 67.8 cm³/mol. The Morgan fingerprint density at radius 1 is 1.22 bits per heavy atom. The summed E-state index contributed by atoms with van der Waals surface area (Å²) in [6.07, 6.45) is -3.34. The molecule has 0 aliphatic heterocycles. The lowest BCUT2D eigenvalue weighted by molar-refractivity contribution is -0.136. The van der Waals surface area contributed by atoms with Gasteiger partial charge in [-0.25, -0.2) is 0 Å². The largest absolute Gasteiger partial charge is 0.389 e. The Bertz CT molecular complexity index is 507. The molecular formula is C12H14ClF3N2. The zero-order valence-corrected chi connectivity index (χ0v) is 10.3. The van der Waals surface area contributed by atoms with Crippen LogP contribution in [0, 0.1) is 0 Å². The highest BCUT2D eigenvalue weighted by Gasteiger charge is 2.28. The second-order valence-corrected chi connectivity index (χ2v) is 4.05. The second-order valence-electron chi connectivity index (χ2n) is 4.05. The van der Waals surface area contributed by atoms with Gasteiger partial charge in [-0.2, -0.15) is 13.2 Å². The van der Waals surface area contributed by atoms with E-state index in [9.17, 15) is 13.2 Å². The summed E-state index contributed by atoms with van der Waals surface area (Å²) >= 11 is 0. The first-order chi connectivity index (χ1) is 7.97. The van der Waals surface area contributed by atoms with E-state index >= 15 is 0 Å². The van der Waals surface area contributed by atoms with E-state index in [2.05, 4.69) is 4.98 Å². The number of nitrogens with one attached hydrogen (secondary N) is 1. The quantitative estimate of drug-likeness (QED) is 0.877. The number of benzene rings is 1. The maximum atomic E-state index is 12.1. The number of halogens is 4. The van der Waals surface area contributed by atoms with Crippen molar-refractivity contribution in [2.45, 2.75) is 25.1 Å². The van der Waals surface area contributed by atoms with Gasteiger partial charge in [0.15, 0.2) is 0 Å². The number of nitrogens with two attached hydrogens (primary N) is 1. The molecule has 2 rings (SSSR count). The number of fused-ring (bicyclic) bond motifs is 1. The van der Waals surface area contributed by atoms with E-state index in [1.165, 1.54) is 0 Å². The van der Waals surface area contributed by atoms with Crippen LogP contribution in [0.25, 0.3) is 10.9 Å². The van der Waals surface area contributed by atoms with Crippen molar-refractivity contribution in [2.24, 2.45) is 5.73 Å². The van der Waals surface area contributed by atoms with E-state index in [0.29, 0.717) is 0 Å². The topological polar surface area (TPSA) is 41.8 Å². The lowest BCUT2D eigenvalue weighted by Gasteiger charge is -2.14. The first kappa shape index (κ1) is 14.9. The van der Waals surface area contributed by atoms with Gasteiger partial charge in [0.1, 0.15) is 0 Å². The molecule has 0 radical (unpaired) electrons. The summed E-state index contributed by atoms with van der Waals surface area (Å²) in [4.78, 5) is 3.01. The Morgan fingerprint density at radius 3 is 2.61 bits per heavy atom. The number of hydrogen-bond donors (Lipinski definition) is 2. The monoisotopic (exact) mass is 278 g/mol. The van der Waals surface area contributed by atoms with E-state index in [4.69, 9.17) is 5.73 Å². The van der Waals surface area contributed by atoms with Gasteiger partial charge in [0, 0.05) is 29.6 Å². The average molecular weight is 279 g/mol. The standard InChI is InChI=1S/C12H13F3N2.ClH/c13-12(14,15)6-4-10(16)8-2-1-3-11-9(8)5-7-17-11;/h1-3,5,7,10,17H,4,6,16H2;1H/t10-;/m0./s1. The van der Waals surface area contributed by atoms with E-state index in [-0.39, 0.29) is 18.8 Å². The molecule has 1 aromatic heterocycles. The van der Waals surface area contributed by atoms with E-state index < -0.39 is 18.6 Å². The summed E-state index contributed by atoms with van der Waals surface area (Å²) in [5, 5.41) is 0.891. The van der Waals surface area contributed by atoms with Crippen LogP contribution in [0.2, 0.25) is 0 Å². The lowest BCUT2D eigenvalue weighted by Crippen LogP contribution is -2.15. The molecule has 1 aromatic carbocycles. The van der Waals surface area contributed by atoms with Crippen molar-refractivity contribution in [2.75, 3.05) is 0 Å². The number of alkyl halides is 3. The Hall–Kier alpha value is -1.20. The van der Waals surface area contributed by atoms with Crippen LogP contribution >= 0.6 is 12.4 Å². The van der Waals surface area contributed by atoms with Crippen molar-refractivity contribution in [1.29, 1.82) is 0 Å². The van der Waals surface area contributed by atoms with Gasteiger partial charge in [-0.1, -0.05) is 12.1 Å². The van der Waals surface area contributed by atoms with E-state index in [0.717, 1.165) is 16.5 Å². The summed E-state index contributed by atoms with van der Waals surface area (Å²) in [5.74, 6) is 0.